The van der Waals surface area contributed by atoms with Gasteiger partial charge < -0.3 is 9.73 Å². The minimum Gasteiger partial charge on any atom is -0.441 e. The summed E-state index contributed by atoms with van der Waals surface area (Å²) in [6, 6.07) is 13.7. The average molecular weight is 359 g/mol. The van der Waals surface area contributed by atoms with Crippen LogP contribution in [0.2, 0.25) is 5.02 Å². The maximum Gasteiger partial charge on any atom is 0.220 e. The van der Waals surface area contributed by atoms with Gasteiger partial charge in [0, 0.05) is 24.4 Å². The molecule has 0 radical (unpaired) electrons. The van der Waals surface area contributed by atoms with E-state index in [0.717, 1.165) is 5.56 Å². The van der Waals surface area contributed by atoms with Gasteiger partial charge in [-0.05, 0) is 23.8 Å². The fourth-order valence-corrected chi connectivity index (χ4v) is 2.56. The van der Waals surface area contributed by atoms with Crippen LogP contribution < -0.4 is 5.32 Å². The second-order valence-corrected chi connectivity index (χ2v) is 5.87. The molecule has 3 aromatic rings. The van der Waals surface area contributed by atoms with Gasteiger partial charge in [0.15, 0.2) is 11.7 Å². The summed E-state index contributed by atoms with van der Waals surface area (Å²) < 4.78 is 19.3. The zero-order valence-corrected chi connectivity index (χ0v) is 14.1. The van der Waals surface area contributed by atoms with Gasteiger partial charge in [-0.15, -0.1) is 0 Å². The first-order valence-electron chi connectivity index (χ1n) is 7.83. The molecule has 0 spiro atoms. The lowest BCUT2D eigenvalue weighted by Gasteiger charge is -2.06. The summed E-state index contributed by atoms with van der Waals surface area (Å²) in [7, 11) is 0. The Kier molecular flexibility index (Phi) is 5.46. The molecule has 0 unspecified atom stereocenters. The van der Waals surface area contributed by atoms with Crippen molar-refractivity contribution in [2.24, 2.45) is 0 Å². The number of benzene rings is 2. The van der Waals surface area contributed by atoms with Gasteiger partial charge in [-0.3, -0.25) is 4.79 Å². The maximum atomic E-state index is 13.7. The van der Waals surface area contributed by atoms with Gasteiger partial charge in [0.05, 0.1) is 11.8 Å². The number of rotatable bonds is 6. The average Bonchev–Trinajstić information content (AvgIpc) is 3.08. The van der Waals surface area contributed by atoms with Gasteiger partial charge in [-0.1, -0.05) is 41.9 Å². The number of carbonyl (C=O) groups excluding carboxylic acids is 1. The van der Waals surface area contributed by atoms with E-state index in [2.05, 4.69) is 10.3 Å². The summed E-state index contributed by atoms with van der Waals surface area (Å²) in [5.41, 5.74) is 1.21. The number of hydrogen-bond donors (Lipinski definition) is 1. The topological polar surface area (TPSA) is 55.1 Å². The molecule has 0 aliphatic heterocycles. The number of amides is 1. The first-order valence-corrected chi connectivity index (χ1v) is 8.21. The molecule has 0 aliphatic rings. The molecule has 2 aromatic carbocycles. The highest BCUT2D eigenvalue weighted by atomic mass is 35.5. The standard InChI is InChI=1S/C19H16ClFN2O2/c20-15-7-3-1-5-13(15)11-22-18(24)9-10-19-23-12-17(25-19)14-6-2-4-8-16(14)21/h1-8,12H,9-11H2,(H,22,24). The van der Waals surface area contributed by atoms with Crippen LogP contribution in [0.25, 0.3) is 11.3 Å². The van der Waals surface area contributed by atoms with Crippen molar-refractivity contribution >= 4 is 17.5 Å². The van der Waals surface area contributed by atoms with Crippen molar-refractivity contribution < 1.29 is 13.6 Å². The lowest BCUT2D eigenvalue weighted by atomic mass is 10.2. The van der Waals surface area contributed by atoms with Crippen LogP contribution in [-0.4, -0.2) is 10.9 Å². The van der Waals surface area contributed by atoms with E-state index in [9.17, 15) is 9.18 Å². The van der Waals surface area contributed by atoms with E-state index in [-0.39, 0.29) is 18.1 Å². The fourth-order valence-electron chi connectivity index (χ4n) is 2.36. The Morgan fingerprint density at radius 1 is 1.16 bits per heavy atom. The molecule has 6 heteroatoms. The number of hydrogen-bond acceptors (Lipinski definition) is 3. The normalized spacial score (nSPS) is 10.6. The van der Waals surface area contributed by atoms with Gasteiger partial charge in [0.1, 0.15) is 5.82 Å². The van der Waals surface area contributed by atoms with Gasteiger partial charge >= 0.3 is 0 Å². The molecule has 0 saturated carbocycles. The molecule has 1 N–H and O–H groups in total. The van der Waals surface area contributed by atoms with E-state index >= 15 is 0 Å². The number of halogens is 2. The van der Waals surface area contributed by atoms with Crippen molar-refractivity contribution in [3.05, 3.63) is 77.0 Å². The molecule has 25 heavy (non-hydrogen) atoms. The zero-order chi connectivity index (χ0) is 17.6. The Labute approximate surface area is 149 Å². The molecule has 1 amide bonds. The third kappa shape index (κ3) is 4.45. The Morgan fingerprint density at radius 2 is 1.92 bits per heavy atom. The molecular weight excluding hydrogens is 343 g/mol. The Morgan fingerprint density at radius 3 is 2.72 bits per heavy atom. The minimum absolute atomic E-state index is 0.134. The molecule has 0 fully saturated rings. The molecule has 0 aliphatic carbocycles. The third-order valence-electron chi connectivity index (χ3n) is 3.69. The summed E-state index contributed by atoms with van der Waals surface area (Å²) in [4.78, 5) is 16.1. The summed E-state index contributed by atoms with van der Waals surface area (Å²) in [6.07, 6.45) is 2.03. The predicted octanol–water partition coefficient (Wildman–Crippen LogP) is 4.38. The van der Waals surface area contributed by atoms with E-state index in [4.69, 9.17) is 16.0 Å². The van der Waals surface area contributed by atoms with Crippen molar-refractivity contribution in [3.63, 3.8) is 0 Å². The Balaban J connectivity index is 1.53. The van der Waals surface area contributed by atoms with Crippen molar-refractivity contribution in [1.82, 2.24) is 10.3 Å². The predicted molar refractivity (Wildman–Crippen MR) is 93.5 cm³/mol. The fraction of sp³-hybridized carbons (Fsp3) is 0.158. The monoisotopic (exact) mass is 358 g/mol. The first kappa shape index (κ1) is 17.2. The van der Waals surface area contributed by atoms with Gasteiger partial charge in [0.2, 0.25) is 5.91 Å². The largest absolute Gasteiger partial charge is 0.441 e. The maximum absolute atomic E-state index is 13.7. The van der Waals surface area contributed by atoms with Crippen LogP contribution in [0.1, 0.15) is 17.9 Å². The van der Waals surface area contributed by atoms with Gasteiger partial charge in [-0.25, -0.2) is 9.37 Å². The lowest BCUT2D eigenvalue weighted by Crippen LogP contribution is -2.23. The van der Waals surface area contributed by atoms with Crippen molar-refractivity contribution in [1.29, 1.82) is 0 Å². The summed E-state index contributed by atoms with van der Waals surface area (Å²) >= 11 is 6.05. The zero-order valence-electron chi connectivity index (χ0n) is 13.3. The number of nitrogens with one attached hydrogen (secondary N) is 1. The van der Waals surface area contributed by atoms with Crippen LogP contribution in [0.15, 0.2) is 59.1 Å². The van der Waals surface area contributed by atoms with E-state index in [1.165, 1.54) is 12.3 Å². The molecule has 4 nitrogen and oxygen atoms in total. The van der Waals surface area contributed by atoms with Crippen LogP contribution in [0, 0.1) is 5.82 Å². The molecule has 1 aromatic heterocycles. The summed E-state index contributed by atoms with van der Waals surface area (Å²) in [5.74, 6) is 0.240. The molecule has 3 rings (SSSR count). The highest BCUT2D eigenvalue weighted by Gasteiger charge is 2.12. The van der Waals surface area contributed by atoms with E-state index in [1.54, 1.807) is 24.3 Å². The summed E-state index contributed by atoms with van der Waals surface area (Å²) in [5, 5.41) is 3.42. The summed E-state index contributed by atoms with van der Waals surface area (Å²) in [6.45, 7) is 0.366. The Bertz CT molecular complexity index is 879. The molecule has 0 bridgehead atoms. The number of aromatic nitrogens is 1. The van der Waals surface area contributed by atoms with E-state index in [1.807, 2.05) is 18.2 Å². The van der Waals surface area contributed by atoms with E-state index in [0.29, 0.717) is 35.2 Å². The number of oxazole rings is 1. The van der Waals surface area contributed by atoms with Crippen molar-refractivity contribution in [2.75, 3.05) is 0 Å². The van der Waals surface area contributed by atoms with Gasteiger partial charge in [0.25, 0.3) is 0 Å². The molecule has 0 saturated heterocycles. The quantitative estimate of drug-likeness (QED) is 0.711. The van der Waals surface area contributed by atoms with Crippen LogP contribution in [0.4, 0.5) is 4.39 Å². The van der Waals surface area contributed by atoms with Crippen molar-refractivity contribution in [2.45, 2.75) is 19.4 Å². The van der Waals surface area contributed by atoms with Crippen LogP contribution in [0.5, 0.6) is 0 Å². The van der Waals surface area contributed by atoms with E-state index < -0.39 is 0 Å². The molecular formula is C19H16ClFN2O2. The van der Waals surface area contributed by atoms with Crippen molar-refractivity contribution in [3.8, 4) is 11.3 Å². The first-order chi connectivity index (χ1) is 12.1. The minimum atomic E-state index is -0.373. The van der Waals surface area contributed by atoms with Crippen LogP contribution >= 0.6 is 11.6 Å². The number of carbonyl (C=O) groups is 1. The highest BCUT2D eigenvalue weighted by Crippen LogP contribution is 2.23. The smallest absolute Gasteiger partial charge is 0.220 e. The van der Waals surface area contributed by atoms with Crippen LogP contribution in [-0.2, 0) is 17.8 Å². The highest BCUT2D eigenvalue weighted by molar-refractivity contribution is 6.31. The molecule has 128 valence electrons. The van der Waals surface area contributed by atoms with Gasteiger partial charge in [-0.2, -0.15) is 0 Å². The molecule has 0 atom stereocenters. The van der Waals surface area contributed by atoms with Crippen LogP contribution in [0.3, 0.4) is 0 Å². The second kappa shape index (κ2) is 7.94. The third-order valence-corrected chi connectivity index (χ3v) is 4.06. The molecule has 1 heterocycles. The lowest BCUT2D eigenvalue weighted by molar-refractivity contribution is -0.121. The second-order valence-electron chi connectivity index (χ2n) is 5.47. The SMILES string of the molecule is O=C(CCc1ncc(-c2ccccc2F)o1)NCc1ccccc1Cl. The number of aryl methyl sites for hydroxylation is 1. The Hall–Kier alpha value is -2.66. The number of nitrogens with zero attached hydrogens (tertiary/aromatic N) is 1.